The van der Waals surface area contributed by atoms with E-state index in [2.05, 4.69) is 16.8 Å². The number of likely N-dealkylation sites (tertiary alicyclic amines) is 1. The quantitative estimate of drug-likeness (QED) is 0.907. The monoisotopic (exact) mass is 313 g/mol. The molecule has 1 aromatic carbocycles. The van der Waals surface area contributed by atoms with Gasteiger partial charge in [-0.15, -0.1) is 0 Å². The van der Waals surface area contributed by atoms with Crippen LogP contribution in [0.1, 0.15) is 24.4 Å². The molecule has 21 heavy (non-hydrogen) atoms. The normalized spacial score (nSPS) is 19.1. The van der Waals surface area contributed by atoms with E-state index >= 15 is 0 Å². The number of hydrogen-bond acceptors (Lipinski definition) is 3. The minimum absolute atomic E-state index is 0.122. The van der Waals surface area contributed by atoms with Crippen molar-refractivity contribution in [2.45, 2.75) is 18.9 Å². The molecule has 2 N–H and O–H groups in total. The lowest BCUT2D eigenvalue weighted by Crippen LogP contribution is -2.39. The zero-order chi connectivity index (χ0) is 15.4. The van der Waals surface area contributed by atoms with Crippen LogP contribution < -0.4 is 5.73 Å². The molecule has 0 bridgehead atoms. The number of rotatable bonds is 5. The molecule has 1 fully saturated rings. The van der Waals surface area contributed by atoms with E-state index in [0.29, 0.717) is 23.0 Å². The summed E-state index contributed by atoms with van der Waals surface area (Å²) in [7, 11) is 4.18. The summed E-state index contributed by atoms with van der Waals surface area (Å²) in [5.74, 6) is 0.424. The molecule has 1 aliphatic heterocycles. The molecule has 1 heterocycles. The van der Waals surface area contributed by atoms with Crippen LogP contribution in [0.2, 0.25) is 5.02 Å². The molecule has 1 saturated heterocycles. The highest BCUT2D eigenvalue weighted by Crippen LogP contribution is 2.27. The third-order valence-electron chi connectivity index (χ3n) is 4.46. The number of likely N-dealkylation sites (N-methyl/N-ethyl adjacent to an activating group) is 1. The molecule has 0 aromatic heterocycles. The molecule has 1 aliphatic rings. The van der Waals surface area contributed by atoms with Gasteiger partial charge in [0.1, 0.15) is 5.82 Å². The summed E-state index contributed by atoms with van der Waals surface area (Å²) in [4.78, 5) is 4.53. The van der Waals surface area contributed by atoms with Crippen LogP contribution in [0.25, 0.3) is 0 Å². The average Bonchev–Trinajstić information content (AvgIpc) is 2.46. The Bertz CT molecular complexity index is 461. The van der Waals surface area contributed by atoms with Crippen molar-refractivity contribution in [2.24, 2.45) is 11.7 Å². The van der Waals surface area contributed by atoms with Gasteiger partial charge in [-0.05, 0) is 64.1 Å². The van der Waals surface area contributed by atoms with Crippen molar-refractivity contribution < 1.29 is 4.39 Å². The molecule has 0 amide bonds. The molecule has 0 spiro atoms. The smallest absolute Gasteiger partial charge is 0.128 e. The van der Waals surface area contributed by atoms with Crippen LogP contribution in [0, 0.1) is 11.7 Å². The Morgan fingerprint density at radius 1 is 1.43 bits per heavy atom. The van der Waals surface area contributed by atoms with Crippen molar-refractivity contribution in [3.8, 4) is 0 Å². The Balaban J connectivity index is 2.04. The van der Waals surface area contributed by atoms with E-state index in [9.17, 15) is 4.39 Å². The molecule has 118 valence electrons. The zero-order valence-corrected chi connectivity index (χ0v) is 13.6. The van der Waals surface area contributed by atoms with Crippen LogP contribution >= 0.6 is 11.6 Å². The first kappa shape index (κ1) is 16.7. The molecule has 2 rings (SSSR count). The standard InChI is InChI=1S/C16H25ClFN3/c1-20-7-5-12(6-8-20)11-21(2)16(10-19)14-9-13(17)3-4-15(14)18/h3-4,9,12,16H,5-8,10-11,19H2,1-2H3. The van der Waals surface area contributed by atoms with E-state index in [1.165, 1.54) is 18.9 Å². The zero-order valence-electron chi connectivity index (χ0n) is 12.9. The molecule has 3 nitrogen and oxygen atoms in total. The Labute approximate surface area is 131 Å². The maximum absolute atomic E-state index is 14.0. The van der Waals surface area contributed by atoms with Gasteiger partial charge < -0.3 is 10.6 Å². The Morgan fingerprint density at radius 3 is 2.71 bits per heavy atom. The van der Waals surface area contributed by atoms with Gasteiger partial charge in [0.25, 0.3) is 0 Å². The highest BCUT2D eigenvalue weighted by atomic mass is 35.5. The fourth-order valence-corrected chi connectivity index (χ4v) is 3.27. The molecule has 1 aromatic rings. The molecule has 0 aliphatic carbocycles. The van der Waals surface area contributed by atoms with Gasteiger partial charge in [0.2, 0.25) is 0 Å². The Hall–Kier alpha value is -0.680. The number of nitrogens with zero attached hydrogens (tertiary/aromatic N) is 2. The fourth-order valence-electron chi connectivity index (χ4n) is 3.09. The van der Waals surface area contributed by atoms with Crippen molar-refractivity contribution in [2.75, 3.05) is 40.3 Å². The minimum atomic E-state index is -0.231. The summed E-state index contributed by atoms with van der Waals surface area (Å²) in [6, 6.07) is 4.57. The van der Waals surface area contributed by atoms with Crippen LogP contribution in [0.5, 0.6) is 0 Å². The number of benzene rings is 1. The summed E-state index contributed by atoms with van der Waals surface area (Å²) < 4.78 is 14.0. The van der Waals surface area contributed by atoms with Gasteiger partial charge in [-0.25, -0.2) is 4.39 Å². The summed E-state index contributed by atoms with van der Waals surface area (Å²) in [5.41, 5.74) is 6.49. The maximum atomic E-state index is 14.0. The van der Waals surface area contributed by atoms with Crippen molar-refractivity contribution in [1.29, 1.82) is 0 Å². The second-order valence-electron chi connectivity index (χ2n) is 6.10. The van der Waals surface area contributed by atoms with Crippen molar-refractivity contribution in [1.82, 2.24) is 9.80 Å². The summed E-state index contributed by atoms with van der Waals surface area (Å²) >= 11 is 6.00. The van der Waals surface area contributed by atoms with Crippen LogP contribution in [0.4, 0.5) is 4.39 Å². The Kier molecular flexibility index (Phi) is 5.99. The number of nitrogens with two attached hydrogens (primary N) is 1. The number of piperidine rings is 1. The molecule has 1 atom stereocenters. The Morgan fingerprint density at radius 2 is 2.10 bits per heavy atom. The van der Waals surface area contributed by atoms with Crippen LogP contribution in [0.15, 0.2) is 18.2 Å². The van der Waals surface area contributed by atoms with Crippen LogP contribution in [0.3, 0.4) is 0 Å². The molecule has 1 unspecified atom stereocenters. The van der Waals surface area contributed by atoms with E-state index in [1.54, 1.807) is 12.1 Å². The minimum Gasteiger partial charge on any atom is -0.329 e. The lowest BCUT2D eigenvalue weighted by molar-refractivity contribution is 0.150. The van der Waals surface area contributed by atoms with Gasteiger partial charge in [-0.3, -0.25) is 4.90 Å². The van der Waals surface area contributed by atoms with Gasteiger partial charge in [0, 0.05) is 29.7 Å². The topological polar surface area (TPSA) is 32.5 Å². The SMILES string of the molecule is CN1CCC(CN(C)C(CN)c2cc(Cl)ccc2F)CC1. The summed E-state index contributed by atoms with van der Waals surface area (Å²) in [6.07, 6.45) is 2.38. The molecule has 5 heteroatoms. The van der Waals surface area contributed by atoms with E-state index in [1.807, 2.05) is 7.05 Å². The second kappa shape index (κ2) is 7.54. The largest absolute Gasteiger partial charge is 0.329 e. The van der Waals surface area contributed by atoms with Crippen molar-refractivity contribution in [3.63, 3.8) is 0 Å². The van der Waals surface area contributed by atoms with E-state index in [-0.39, 0.29) is 11.9 Å². The van der Waals surface area contributed by atoms with Crippen molar-refractivity contribution >= 4 is 11.6 Å². The van der Waals surface area contributed by atoms with E-state index in [0.717, 1.165) is 19.6 Å². The van der Waals surface area contributed by atoms with Crippen LogP contribution in [-0.4, -0.2) is 50.1 Å². The van der Waals surface area contributed by atoms with Gasteiger partial charge >= 0.3 is 0 Å². The summed E-state index contributed by atoms with van der Waals surface area (Å²) in [6.45, 7) is 3.61. The first-order chi connectivity index (χ1) is 10.0. The van der Waals surface area contributed by atoms with Gasteiger partial charge in [0.05, 0.1) is 0 Å². The van der Waals surface area contributed by atoms with Gasteiger partial charge in [-0.2, -0.15) is 0 Å². The van der Waals surface area contributed by atoms with Gasteiger partial charge in [0.15, 0.2) is 0 Å². The van der Waals surface area contributed by atoms with E-state index < -0.39 is 0 Å². The highest BCUT2D eigenvalue weighted by molar-refractivity contribution is 6.30. The van der Waals surface area contributed by atoms with E-state index in [4.69, 9.17) is 17.3 Å². The molecule has 0 saturated carbocycles. The lowest BCUT2D eigenvalue weighted by atomic mass is 9.95. The fraction of sp³-hybridized carbons (Fsp3) is 0.625. The third-order valence-corrected chi connectivity index (χ3v) is 4.69. The number of hydrogen-bond donors (Lipinski definition) is 1. The van der Waals surface area contributed by atoms with Gasteiger partial charge in [-0.1, -0.05) is 11.6 Å². The predicted octanol–water partition coefficient (Wildman–Crippen LogP) is 2.75. The van der Waals surface area contributed by atoms with Crippen LogP contribution in [-0.2, 0) is 0 Å². The number of halogens is 2. The predicted molar refractivity (Wildman–Crippen MR) is 86.1 cm³/mol. The summed E-state index contributed by atoms with van der Waals surface area (Å²) in [5, 5.41) is 0.553. The van der Waals surface area contributed by atoms with Crippen molar-refractivity contribution in [3.05, 3.63) is 34.6 Å². The first-order valence-electron chi connectivity index (χ1n) is 7.55. The second-order valence-corrected chi connectivity index (χ2v) is 6.54. The first-order valence-corrected chi connectivity index (χ1v) is 7.93. The lowest BCUT2D eigenvalue weighted by Gasteiger charge is -2.35. The maximum Gasteiger partial charge on any atom is 0.128 e. The average molecular weight is 314 g/mol. The molecular formula is C16H25ClFN3. The third kappa shape index (κ3) is 4.39. The highest BCUT2D eigenvalue weighted by Gasteiger charge is 2.24. The molecule has 0 radical (unpaired) electrons. The molecular weight excluding hydrogens is 289 g/mol.